The van der Waals surface area contributed by atoms with E-state index in [1.807, 2.05) is 18.2 Å². The van der Waals surface area contributed by atoms with E-state index in [9.17, 15) is 9.90 Å². The monoisotopic (exact) mass is 434 g/mol. The van der Waals surface area contributed by atoms with Crippen molar-refractivity contribution in [3.63, 3.8) is 0 Å². The van der Waals surface area contributed by atoms with Crippen molar-refractivity contribution in [2.75, 3.05) is 26.6 Å². The summed E-state index contributed by atoms with van der Waals surface area (Å²) >= 11 is 0. The minimum atomic E-state index is -0.404. The highest BCUT2D eigenvalue weighted by atomic mass is 16.6. The summed E-state index contributed by atoms with van der Waals surface area (Å²) in [5, 5.41) is 13.0. The van der Waals surface area contributed by atoms with Gasteiger partial charge in [0.1, 0.15) is 18.6 Å². The lowest BCUT2D eigenvalue weighted by molar-refractivity contribution is 0.168. The maximum atomic E-state index is 13.3. The molecule has 9 nitrogen and oxygen atoms in total. The number of anilines is 2. The molecule has 2 aromatic carbocycles. The molecule has 32 heavy (non-hydrogen) atoms. The Hall–Kier alpha value is -4.11. The van der Waals surface area contributed by atoms with Crippen LogP contribution in [0.15, 0.2) is 59.5 Å². The van der Waals surface area contributed by atoms with Gasteiger partial charge in [-0.2, -0.15) is 4.98 Å². The largest absolute Gasteiger partial charge is 0.497 e. The summed E-state index contributed by atoms with van der Waals surface area (Å²) in [5.74, 6) is 1.39. The molecule has 0 atom stereocenters. The Morgan fingerprint density at radius 2 is 1.88 bits per heavy atom. The smallest absolute Gasteiger partial charge is 0.293 e. The molecule has 0 aliphatic carbocycles. The van der Waals surface area contributed by atoms with Crippen molar-refractivity contribution in [1.82, 2.24) is 14.7 Å². The van der Waals surface area contributed by atoms with E-state index in [1.165, 1.54) is 14.2 Å². The van der Waals surface area contributed by atoms with Crippen LogP contribution in [0.2, 0.25) is 0 Å². The molecule has 0 aliphatic heterocycles. The number of benzene rings is 2. The lowest BCUT2D eigenvalue weighted by atomic mass is 10.0. The SMILES string of the molecule is COc1ccc(OC)c(-c2cc3cnc(Nc4cccc(CO)c4)nc3n(OC)c2=O)c1. The zero-order chi connectivity index (χ0) is 22.7. The average Bonchev–Trinajstić information content (AvgIpc) is 2.83. The normalized spacial score (nSPS) is 10.8. The fourth-order valence-electron chi connectivity index (χ4n) is 3.39. The van der Waals surface area contributed by atoms with E-state index in [0.717, 1.165) is 10.3 Å². The van der Waals surface area contributed by atoms with E-state index >= 15 is 0 Å². The first kappa shape index (κ1) is 21.1. The number of hydrogen-bond acceptors (Lipinski definition) is 8. The molecular formula is C23H22N4O5. The summed E-state index contributed by atoms with van der Waals surface area (Å²) in [6.45, 7) is -0.0756. The highest BCUT2D eigenvalue weighted by molar-refractivity contribution is 5.83. The van der Waals surface area contributed by atoms with E-state index in [-0.39, 0.29) is 12.6 Å². The topological polar surface area (TPSA) is 108 Å². The minimum Gasteiger partial charge on any atom is -0.497 e. The number of methoxy groups -OCH3 is 2. The van der Waals surface area contributed by atoms with Crippen molar-refractivity contribution < 1.29 is 19.4 Å². The molecule has 4 rings (SSSR count). The Labute approximate surface area is 183 Å². The van der Waals surface area contributed by atoms with Gasteiger partial charge in [0.25, 0.3) is 5.56 Å². The summed E-state index contributed by atoms with van der Waals surface area (Å²) in [4.78, 5) is 27.5. The number of pyridine rings is 1. The van der Waals surface area contributed by atoms with Crippen LogP contribution in [0.4, 0.5) is 11.6 Å². The number of aliphatic hydroxyl groups excluding tert-OH is 1. The van der Waals surface area contributed by atoms with Gasteiger partial charge in [-0.3, -0.25) is 4.79 Å². The highest BCUT2D eigenvalue weighted by Gasteiger charge is 2.17. The van der Waals surface area contributed by atoms with Gasteiger partial charge in [-0.05, 0) is 42.0 Å². The summed E-state index contributed by atoms with van der Waals surface area (Å²) in [6.07, 6.45) is 1.60. The lowest BCUT2D eigenvalue weighted by Gasteiger charge is -2.14. The molecule has 0 spiro atoms. The van der Waals surface area contributed by atoms with Crippen LogP contribution in [0.25, 0.3) is 22.2 Å². The van der Waals surface area contributed by atoms with Crippen LogP contribution < -0.4 is 25.2 Å². The van der Waals surface area contributed by atoms with Crippen molar-refractivity contribution in [1.29, 1.82) is 0 Å². The number of nitrogens with zero attached hydrogens (tertiary/aromatic N) is 3. The number of hydrogen-bond donors (Lipinski definition) is 2. The van der Waals surface area contributed by atoms with E-state index in [1.54, 1.807) is 43.6 Å². The third-order valence-electron chi connectivity index (χ3n) is 4.95. The lowest BCUT2D eigenvalue weighted by Crippen LogP contribution is -2.27. The number of rotatable bonds is 7. The number of nitrogens with one attached hydrogen (secondary N) is 1. The van der Waals surface area contributed by atoms with Gasteiger partial charge in [0.15, 0.2) is 5.65 Å². The van der Waals surface area contributed by atoms with Crippen LogP contribution in [0, 0.1) is 0 Å². The van der Waals surface area contributed by atoms with Gasteiger partial charge in [-0.15, -0.1) is 4.73 Å². The van der Waals surface area contributed by atoms with Crippen LogP contribution in [0.3, 0.4) is 0 Å². The van der Waals surface area contributed by atoms with E-state index in [0.29, 0.717) is 39.3 Å². The molecule has 0 amide bonds. The van der Waals surface area contributed by atoms with Gasteiger partial charge in [0.2, 0.25) is 5.95 Å². The third-order valence-corrected chi connectivity index (χ3v) is 4.95. The van der Waals surface area contributed by atoms with E-state index < -0.39 is 5.56 Å². The van der Waals surface area contributed by atoms with Gasteiger partial charge in [0, 0.05) is 22.8 Å². The predicted molar refractivity (Wildman–Crippen MR) is 120 cm³/mol. The van der Waals surface area contributed by atoms with Gasteiger partial charge >= 0.3 is 0 Å². The Morgan fingerprint density at radius 1 is 1.03 bits per heavy atom. The molecule has 0 unspecified atom stereocenters. The molecular weight excluding hydrogens is 412 g/mol. The first-order valence-electron chi connectivity index (χ1n) is 9.74. The maximum absolute atomic E-state index is 13.3. The van der Waals surface area contributed by atoms with Crippen LogP contribution in [-0.2, 0) is 6.61 Å². The molecule has 0 bridgehead atoms. The Bertz CT molecular complexity index is 1340. The summed E-state index contributed by atoms with van der Waals surface area (Å²) in [7, 11) is 4.49. The fraction of sp³-hybridized carbons (Fsp3) is 0.174. The number of fused-ring (bicyclic) bond motifs is 1. The standard InChI is InChI=1S/C23H22N4O5/c1-30-17-7-8-20(31-2)18(11-17)19-10-15-12-24-23(26-21(15)27(32-3)22(19)29)25-16-6-4-5-14(9-16)13-28/h4-12,28H,13H2,1-3H3,(H,24,25,26). The zero-order valence-electron chi connectivity index (χ0n) is 17.8. The average molecular weight is 434 g/mol. The molecule has 2 heterocycles. The van der Waals surface area contributed by atoms with E-state index in [4.69, 9.17) is 14.3 Å². The molecule has 0 radical (unpaired) electrons. The molecule has 4 aromatic rings. The fourth-order valence-corrected chi connectivity index (χ4v) is 3.39. The van der Waals surface area contributed by atoms with Gasteiger partial charge in [-0.25, -0.2) is 4.98 Å². The summed E-state index contributed by atoms with van der Waals surface area (Å²) < 4.78 is 11.9. The highest BCUT2D eigenvalue weighted by Crippen LogP contribution is 2.32. The molecule has 2 N–H and O–H groups in total. The molecule has 2 aromatic heterocycles. The van der Waals surface area contributed by atoms with Crippen LogP contribution in [0.5, 0.6) is 11.5 Å². The number of aliphatic hydroxyl groups is 1. The Kier molecular flexibility index (Phi) is 5.91. The first-order chi connectivity index (χ1) is 15.6. The van der Waals surface area contributed by atoms with Gasteiger partial charge in [-0.1, -0.05) is 12.1 Å². The van der Waals surface area contributed by atoms with Crippen molar-refractivity contribution in [2.24, 2.45) is 0 Å². The third kappa shape index (κ3) is 3.93. The van der Waals surface area contributed by atoms with Crippen molar-refractivity contribution in [2.45, 2.75) is 6.61 Å². The molecule has 0 saturated heterocycles. The number of aromatic nitrogens is 3. The van der Waals surface area contributed by atoms with Crippen LogP contribution >= 0.6 is 0 Å². The van der Waals surface area contributed by atoms with Crippen molar-refractivity contribution in [3.8, 4) is 22.6 Å². The molecule has 0 fully saturated rings. The quantitative estimate of drug-likeness (QED) is 0.457. The minimum absolute atomic E-state index is 0.0756. The number of ether oxygens (including phenoxy) is 2. The summed E-state index contributed by atoms with van der Waals surface area (Å²) in [5.41, 5.74) is 2.28. The molecule has 164 valence electrons. The second-order valence-corrected chi connectivity index (χ2v) is 6.86. The van der Waals surface area contributed by atoms with Gasteiger partial charge in [0.05, 0.1) is 26.4 Å². The van der Waals surface area contributed by atoms with Crippen molar-refractivity contribution >= 4 is 22.7 Å². The van der Waals surface area contributed by atoms with Gasteiger partial charge < -0.3 is 24.7 Å². The molecule has 9 heteroatoms. The second kappa shape index (κ2) is 8.94. The van der Waals surface area contributed by atoms with Crippen LogP contribution in [0.1, 0.15) is 5.56 Å². The molecule has 0 aliphatic rings. The first-order valence-corrected chi connectivity index (χ1v) is 9.74. The Balaban J connectivity index is 1.83. The van der Waals surface area contributed by atoms with E-state index in [2.05, 4.69) is 15.3 Å². The summed E-state index contributed by atoms with van der Waals surface area (Å²) in [6, 6.07) is 14.2. The van der Waals surface area contributed by atoms with Crippen molar-refractivity contribution in [3.05, 3.63) is 70.6 Å². The molecule has 0 saturated carbocycles. The predicted octanol–water partition coefficient (Wildman–Crippen LogP) is 2.77. The van der Waals surface area contributed by atoms with Crippen LogP contribution in [-0.4, -0.2) is 41.1 Å². The maximum Gasteiger partial charge on any atom is 0.293 e. The second-order valence-electron chi connectivity index (χ2n) is 6.86. The zero-order valence-corrected chi connectivity index (χ0v) is 17.8. The Morgan fingerprint density at radius 3 is 2.59 bits per heavy atom.